The van der Waals surface area contributed by atoms with Crippen LogP contribution in [0.3, 0.4) is 0 Å². The van der Waals surface area contributed by atoms with Crippen LogP contribution < -0.4 is 5.32 Å². The van der Waals surface area contributed by atoms with E-state index in [1.54, 1.807) is 11.0 Å². The fourth-order valence-corrected chi connectivity index (χ4v) is 4.99. The van der Waals surface area contributed by atoms with Crippen molar-refractivity contribution in [2.75, 3.05) is 11.9 Å². The molecule has 2 fully saturated rings. The number of halogens is 5. The largest absolute Gasteiger partial charge is 0.417 e. The zero-order chi connectivity index (χ0) is 24.0. The van der Waals surface area contributed by atoms with Crippen LogP contribution in [0.25, 0.3) is 11.4 Å². The molecule has 0 spiro atoms. The van der Waals surface area contributed by atoms with Gasteiger partial charge in [0, 0.05) is 36.7 Å². The van der Waals surface area contributed by atoms with Crippen molar-refractivity contribution in [3.05, 3.63) is 70.9 Å². The summed E-state index contributed by atoms with van der Waals surface area (Å²) in [6.45, 7) is 0.530. The normalized spacial score (nSPS) is 21.7. The van der Waals surface area contributed by atoms with Gasteiger partial charge in [-0.2, -0.15) is 13.2 Å². The topological polar surface area (TPSA) is 71.0 Å². The second kappa shape index (κ2) is 8.50. The fraction of sp³-hybridized carbons (Fsp3) is 0.304. The summed E-state index contributed by atoms with van der Waals surface area (Å²) in [6, 6.07) is 5.88. The number of aromatic nitrogens is 3. The van der Waals surface area contributed by atoms with Crippen LogP contribution in [-0.4, -0.2) is 44.4 Å². The lowest BCUT2D eigenvalue weighted by atomic mass is 10.0. The van der Waals surface area contributed by atoms with Crippen molar-refractivity contribution in [3.8, 4) is 11.4 Å². The van der Waals surface area contributed by atoms with E-state index in [9.17, 15) is 22.4 Å². The van der Waals surface area contributed by atoms with Crippen molar-refractivity contribution >= 4 is 23.3 Å². The maximum atomic E-state index is 14.0. The lowest BCUT2D eigenvalue weighted by molar-refractivity contribution is -0.137. The molecule has 3 aromatic rings. The number of carbonyl (C=O) groups excluding carboxylic acids is 1. The molecule has 3 atom stereocenters. The van der Waals surface area contributed by atoms with Gasteiger partial charge in [-0.25, -0.2) is 19.3 Å². The number of alkyl halides is 3. The van der Waals surface area contributed by atoms with Gasteiger partial charge in [0.1, 0.15) is 11.6 Å². The maximum Gasteiger partial charge on any atom is 0.417 e. The highest BCUT2D eigenvalue weighted by Gasteiger charge is 2.47. The first-order valence-electron chi connectivity index (χ1n) is 10.6. The molecule has 5 rings (SSSR count). The molecule has 1 aliphatic heterocycles. The third kappa shape index (κ3) is 4.18. The molecule has 11 heteroatoms. The zero-order valence-corrected chi connectivity index (χ0v) is 18.3. The summed E-state index contributed by atoms with van der Waals surface area (Å²) in [5, 5.41) is 2.98. The number of anilines is 1. The molecule has 1 saturated heterocycles. The summed E-state index contributed by atoms with van der Waals surface area (Å²) in [6.07, 6.45) is 0.681. The minimum absolute atomic E-state index is 0.139. The number of nitrogens with zero attached hydrogens (tertiary/aromatic N) is 4. The Morgan fingerprint density at radius 2 is 1.88 bits per heavy atom. The average Bonchev–Trinajstić information content (AvgIpc) is 3.40. The van der Waals surface area contributed by atoms with Crippen molar-refractivity contribution in [2.24, 2.45) is 5.92 Å². The van der Waals surface area contributed by atoms with Gasteiger partial charge in [-0.3, -0.25) is 4.79 Å². The van der Waals surface area contributed by atoms with E-state index >= 15 is 0 Å². The number of rotatable bonds is 4. The highest BCUT2D eigenvalue weighted by atomic mass is 35.5. The summed E-state index contributed by atoms with van der Waals surface area (Å²) >= 11 is 6.06. The molecule has 1 aliphatic carbocycles. The quantitative estimate of drug-likeness (QED) is 0.516. The molecule has 2 bridgehead atoms. The molecule has 34 heavy (non-hydrogen) atoms. The monoisotopic (exact) mass is 491 g/mol. The van der Waals surface area contributed by atoms with Gasteiger partial charge >= 0.3 is 6.18 Å². The molecule has 0 radical (unpaired) electrons. The van der Waals surface area contributed by atoms with Gasteiger partial charge in [0.2, 0.25) is 0 Å². The van der Waals surface area contributed by atoms with Crippen molar-refractivity contribution in [2.45, 2.75) is 31.1 Å². The van der Waals surface area contributed by atoms with E-state index in [-0.39, 0.29) is 46.1 Å². The number of nitrogens with one attached hydrogen (secondary N) is 1. The van der Waals surface area contributed by atoms with Crippen LogP contribution in [0.5, 0.6) is 0 Å². The number of fused-ring (bicyclic) bond motifs is 2. The lowest BCUT2D eigenvalue weighted by Crippen LogP contribution is -2.48. The maximum absolute atomic E-state index is 14.0. The van der Waals surface area contributed by atoms with Crippen LogP contribution >= 0.6 is 11.6 Å². The number of carbonyl (C=O) groups is 1. The third-order valence-electron chi connectivity index (χ3n) is 6.25. The van der Waals surface area contributed by atoms with E-state index in [1.165, 1.54) is 30.6 Å². The Kier molecular flexibility index (Phi) is 5.63. The molecule has 2 aromatic heterocycles. The van der Waals surface area contributed by atoms with E-state index in [0.717, 1.165) is 25.1 Å². The molecule has 1 aromatic carbocycles. The zero-order valence-electron chi connectivity index (χ0n) is 17.6. The van der Waals surface area contributed by atoms with Gasteiger partial charge in [-0.15, -0.1) is 0 Å². The summed E-state index contributed by atoms with van der Waals surface area (Å²) in [7, 11) is 0. The molecule has 6 nitrogen and oxygen atoms in total. The van der Waals surface area contributed by atoms with E-state index in [2.05, 4.69) is 20.3 Å². The van der Waals surface area contributed by atoms with Crippen LogP contribution in [0, 0.1) is 11.7 Å². The van der Waals surface area contributed by atoms with Crippen LogP contribution in [0.15, 0.2) is 48.9 Å². The highest BCUT2D eigenvalue weighted by molar-refractivity contribution is 6.33. The summed E-state index contributed by atoms with van der Waals surface area (Å²) in [4.78, 5) is 27.4. The molecule has 1 saturated carbocycles. The number of likely N-dealkylation sites (tertiary alicyclic amines) is 1. The average molecular weight is 492 g/mol. The van der Waals surface area contributed by atoms with E-state index in [4.69, 9.17) is 11.6 Å². The molecule has 2 aliphatic rings. The van der Waals surface area contributed by atoms with Gasteiger partial charge in [0.25, 0.3) is 5.91 Å². The number of hydrogen-bond acceptors (Lipinski definition) is 5. The fourth-order valence-electron chi connectivity index (χ4n) is 4.77. The summed E-state index contributed by atoms with van der Waals surface area (Å²) in [5.74, 6) is -0.195. The second-order valence-electron chi connectivity index (χ2n) is 8.43. The van der Waals surface area contributed by atoms with Crippen molar-refractivity contribution < 1.29 is 22.4 Å². The SMILES string of the molecule is O=C(c1ccc(F)cc1-c1ncccn1)N1CC2CC(Nc3ncc(C(F)(F)F)cc3Cl)C1C2. The van der Waals surface area contributed by atoms with Gasteiger partial charge in [0.15, 0.2) is 5.82 Å². The van der Waals surface area contributed by atoms with Crippen LogP contribution in [-0.2, 0) is 6.18 Å². The van der Waals surface area contributed by atoms with Crippen LogP contribution in [0.1, 0.15) is 28.8 Å². The van der Waals surface area contributed by atoms with Crippen LogP contribution in [0.2, 0.25) is 5.02 Å². The van der Waals surface area contributed by atoms with Gasteiger partial charge in [0.05, 0.1) is 22.2 Å². The number of pyridine rings is 1. The predicted molar refractivity (Wildman–Crippen MR) is 117 cm³/mol. The van der Waals surface area contributed by atoms with E-state index < -0.39 is 17.6 Å². The summed E-state index contributed by atoms with van der Waals surface area (Å²) in [5.41, 5.74) is -0.352. The first kappa shape index (κ1) is 22.5. The minimum atomic E-state index is -4.54. The summed E-state index contributed by atoms with van der Waals surface area (Å²) < 4.78 is 52.7. The van der Waals surface area contributed by atoms with Gasteiger partial charge in [-0.1, -0.05) is 11.6 Å². The molecular weight excluding hydrogens is 474 g/mol. The first-order valence-corrected chi connectivity index (χ1v) is 11.0. The Morgan fingerprint density at radius 1 is 1.12 bits per heavy atom. The molecular formula is C23H18ClF4N5O. The number of hydrogen-bond donors (Lipinski definition) is 1. The molecule has 1 amide bonds. The van der Waals surface area contributed by atoms with E-state index in [0.29, 0.717) is 12.1 Å². The predicted octanol–water partition coefficient (Wildman–Crippen LogP) is 5.07. The lowest BCUT2D eigenvalue weighted by Gasteiger charge is -2.34. The van der Waals surface area contributed by atoms with Crippen LogP contribution in [0.4, 0.5) is 23.4 Å². The first-order chi connectivity index (χ1) is 16.2. The van der Waals surface area contributed by atoms with Gasteiger partial charge in [-0.05, 0) is 49.1 Å². The molecule has 1 N–H and O–H groups in total. The Labute approximate surface area is 197 Å². The van der Waals surface area contributed by atoms with Crippen molar-refractivity contribution in [3.63, 3.8) is 0 Å². The Bertz CT molecular complexity index is 1240. The standard InChI is InChI=1S/C23H18ClF4N5O/c24-17-8-13(23(26,27)28)10-31-21(17)32-18-6-12-7-19(18)33(11-12)22(34)15-3-2-14(25)9-16(15)20-29-4-1-5-30-20/h1-5,8-10,12,18-19H,6-7,11H2,(H,31,32). The molecule has 176 valence electrons. The molecule has 3 unspecified atom stereocenters. The minimum Gasteiger partial charge on any atom is -0.364 e. The highest BCUT2D eigenvalue weighted by Crippen LogP contribution is 2.41. The Morgan fingerprint density at radius 3 is 2.56 bits per heavy atom. The van der Waals surface area contributed by atoms with Gasteiger partial charge < -0.3 is 10.2 Å². The smallest absolute Gasteiger partial charge is 0.364 e. The number of amides is 1. The Hall–Kier alpha value is -3.27. The second-order valence-corrected chi connectivity index (χ2v) is 8.83. The molecule has 3 heterocycles. The third-order valence-corrected chi connectivity index (χ3v) is 6.54. The van der Waals surface area contributed by atoms with Crippen molar-refractivity contribution in [1.82, 2.24) is 19.9 Å². The Balaban J connectivity index is 1.39. The number of benzene rings is 1. The van der Waals surface area contributed by atoms with Crippen molar-refractivity contribution in [1.29, 1.82) is 0 Å². The van der Waals surface area contributed by atoms with E-state index in [1.807, 2.05) is 0 Å². The number of piperidine rings is 1.